The molecule has 0 aliphatic heterocycles. The second-order valence-corrected chi connectivity index (χ2v) is 9.26. The standard InChI is InChI=1S/C24H26N4O3S/c1-16(21(29)27-23(31)25-18-13-14-18)32-24-26-20-12-6-5-11-19(20)22(30)28(24)15-7-10-17-8-3-2-4-9-17/h2-6,8-9,11-12,16,18H,7,10,13-15H2,1H3,(H2,25,27,29,31). The summed E-state index contributed by atoms with van der Waals surface area (Å²) in [5.41, 5.74) is 1.68. The summed E-state index contributed by atoms with van der Waals surface area (Å²) in [5.74, 6) is -0.411. The van der Waals surface area contributed by atoms with Crippen molar-refractivity contribution < 1.29 is 9.59 Å². The van der Waals surface area contributed by atoms with Gasteiger partial charge in [0.1, 0.15) is 0 Å². The van der Waals surface area contributed by atoms with Crippen LogP contribution in [0.25, 0.3) is 10.9 Å². The van der Waals surface area contributed by atoms with Crippen molar-refractivity contribution in [3.63, 3.8) is 0 Å². The molecule has 4 rings (SSSR count). The van der Waals surface area contributed by atoms with Crippen molar-refractivity contribution in [1.29, 1.82) is 0 Å². The quantitative estimate of drug-likeness (QED) is 0.405. The first kappa shape index (κ1) is 22.1. The molecule has 3 aromatic rings. The van der Waals surface area contributed by atoms with Gasteiger partial charge in [0.2, 0.25) is 5.91 Å². The van der Waals surface area contributed by atoms with Crippen LogP contribution in [0.1, 0.15) is 31.7 Å². The molecular weight excluding hydrogens is 424 g/mol. The Labute approximate surface area is 190 Å². The van der Waals surface area contributed by atoms with Gasteiger partial charge in [-0.1, -0.05) is 54.2 Å². The second kappa shape index (κ2) is 9.99. The van der Waals surface area contributed by atoms with Crippen molar-refractivity contribution in [2.24, 2.45) is 0 Å². The van der Waals surface area contributed by atoms with Gasteiger partial charge in [0.15, 0.2) is 5.16 Å². The zero-order chi connectivity index (χ0) is 22.5. The predicted octanol–water partition coefficient (Wildman–Crippen LogP) is 3.50. The number of hydrogen-bond acceptors (Lipinski definition) is 5. The summed E-state index contributed by atoms with van der Waals surface area (Å²) in [4.78, 5) is 42.3. The Hall–Kier alpha value is -3.13. The number of urea groups is 1. The molecule has 3 amide bonds. The van der Waals surface area contributed by atoms with Crippen molar-refractivity contribution in [3.8, 4) is 0 Å². The van der Waals surface area contributed by atoms with Gasteiger partial charge in [-0.15, -0.1) is 0 Å². The Morgan fingerprint density at radius 3 is 2.59 bits per heavy atom. The lowest BCUT2D eigenvalue weighted by Crippen LogP contribution is -2.43. The molecule has 1 fully saturated rings. The second-order valence-electron chi connectivity index (χ2n) is 7.95. The van der Waals surface area contributed by atoms with Crippen molar-refractivity contribution >= 4 is 34.6 Å². The summed E-state index contributed by atoms with van der Waals surface area (Å²) in [5, 5.41) is 5.57. The highest BCUT2D eigenvalue weighted by atomic mass is 32.2. The van der Waals surface area contributed by atoms with Crippen LogP contribution < -0.4 is 16.2 Å². The van der Waals surface area contributed by atoms with Gasteiger partial charge in [0.25, 0.3) is 5.56 Å². The van der Waals surface area contributed by atoms with E-state index in [4.69, 9.17) is 0 Å². The van der Waals surface area contributed by atoms with E-state index < -0.39 is 17.2 Å². The third-order valence-corrected chi connectivity index (χ3v) is 6.41. The summed E-state index contributed by atoms with van der Waals surface area (Å²) < 4.78 is 1.64. The average Bonchev–Trinajstić information content (AvgIpc) is 3.60. The topological polar surface area (TPSA) is 93.1 Å². The number of aromatic nitrogens is 2. The van der Waals surface area contributed by atoms with Gasteiger partial charge in [-0.05, 0) is 50.3 Å². The monoisotopic (exact) mass is 450 g/mol. The molecule has 7 nitrogen and oxygen atoms in total. The van der Waals surface area contributed by atoms with E-state index in [-0.39, 0.29) is 11.6 Å². The predicted molar refractivity (Wildman–Crippen MR) is 126 cm³/mol. The van der Waals surface area contributed by atoms with E-state index in [0.717, 1.165) is 25.7 Å². The molecule has 166 valence electrons. The average molecular weight is 451 g/mol. The summed E-state index contributed by atoms with van der Waals surface area (Å²) in [6, 6.07) is 17.0. The van der Waals surface area contributed by atoms with Crippen LogP contribution in [-0.2, 0) is 17.8 Å². The first-order valence-electron chi connectivity index (χ1n) is 10.8. The molecule has 1 aliphatic carbocycles. The van der Waals surface area contributed by atoms with E-state index in [1.165, 1.54) is 17.3 Å². The first-order chi connectivity index (χ1) is 15.5. The Morgan fingerprint density at radius 1 is 1.12 bits per heavy atom. The van der Waals surface area contributed by atoms with Gasteiger partial charge in [0, 0.05) is 12.6 Å². The fraction of sp³-hybridized carbons (Fsp3) is 0.333. The minimum Gasteiger partial charge on any atom is -0.335 e. The van der Waals surface area contributed by atoms with E-state index in [2.05, 4.69) is 27.8 Å². The van der Waals surface area contributed by atoms with Crippen LogP contribution in [0.4, 0.5) is 4.79 Å². The van der Waals surface area contributed by atoms with E-state index in [1.807, 2.05) is 30.3 Å². The maximum Gasteiger partial charge on any atom is 0.321 e. The third-order valence-electron chi connectivity index (χ3n) is 5.32. The lowest BCUT2D eigenvalue weighted by atomic mass is 10.1. The molecule has 1 unspecified atom stereocenters. The molecule has 1 heterocycles. The molecule has 0 radical (unpaired) electrons. The summed E-state index contributed by atoms with van der Waals surface area (Å²) in [6.45, 7) is 2.20. The summed E-state index contributed by atoms with van der Waals surface area (Å²) in [7, 11) is 0. The Balaban J connectivity index is 1.51. The highest BCUT2D eigenvalue weighted by Crippen LogP contribution is 2.23. The number of carbonyl (C=O) groups is 2. The van der Waals surface area contributed by atoms with Gasteiger partial charge < -0.3 is 5.32 Å². The van der Waals surface area contributed by atoms with Crippen molar-refractivity contribution in [1.82, 2.24) is 20.2 Å². The van der Waals surface area contributed by atoms with Crippen molar-refractivity contribution in [2.75, 3.05) is 0 Å². The lowest BCUT2D eigenvalue weighted by molar-refractivity contribution is -0.119. The largest absolute Gasteiger partial charge is 0.335 e. The highest BCUT2D eigenvalue weighted by Gasteiger charge is 2.26. The van der Waals surface area contributed by atoms with Gasteiger partial charge in [-0.25, -0.2) is 9.78 Å². The molecule has 0 spiro atoms. The van der Waals surface area contributed by atoms with Crippen molar-refractivity contribution in [3.05, 3.63) is 70.5 Å². The molecule has 1 aromatic heterocycles. The maximum absolute atomic E-state index is 13.2. The number of carbonyl (C=O) groups excluding carboxylic acids is 2. The number of thioether (sulfide) groups is 1. The zero-order valence-corrected chi connectivity index (χ0v) is 18.7. The van der Waals surface area contributed by atoms with Crippen LogP contribution >= 0.6 is 11.8 Å². The zero-order valence-electron chi connectivity index (χ0n) is 17.9. The maximum atomic E-state index is 13.2. The van der Waals surface area contributed by atoms with Crippen LogP contribution in [0, 0.1) is 0 Å². The minimum absolute atomic E-state index is 0.120. The third kappa shape index (κ3) is 5.56. The highest BCUT2D eigenvalue weighted by molar-refractivity contribution is 8.00. The minimum atomic E-state index is -0.589. The SMILES string of the molecule is CC(Sc1nc2ccccc2c(=O)n1CCCc1ccccc1)C(=O)NC(=O)NC1CC1. The molecule has 0 bridgehead atoms. The molecule has 1 aliphatic rings. The van der Waals surface area contributed by atoms with Crippen molar-refractivity contribution in [2.45, 2.75) is 55.6 Å². The first-order valence-corrected chi connectivity index (χ1v) is 11.7. The number of benzene rings is 2. The molecule has 0 saturated heterocycles. The Kier molecular flexibility index (Phi) is 6.90. The van der Waals surface area contributed by atoms with Gasteiger partial charge in [-0.3, -0.25) is 19.5 Å². The summed E-state index contributed by atoms with van der Waals surface area (Å²) >= 11 is 1.19. The van der Waals surface area contributed by atoms with Crippen LogP contribution in [-0.4, -0.2) is 32.8 Å². The van der Waals surface area contributed by atoms with E-state index in [1.54, 1.807) is 23.6 Å². The number of amides is 3. The number of rotatable bonds is 8. The van der Waals surface area contributed by atoms with Crippen LogP contribution in [0.15, 0.2) is 64.5 Å². The number of nitrogens with one attached hydrogen (secondary N) is 2. The van der Waals surface area contributed by atoms with Gasteiger partial charge in [-0.2, -0.15) is 0 Å². The number of nitrogens with zero attached hydrogens (tertiary/aromatic N) is 2. The van der Waals surface area contributed by atoms with Crippen LogP contribution in [0.2, 0.25) is 0 Å². The molecule has 2 N–H and O–H groups in total. The molecular formula is C24H26N4O3S. The number of aryl methyl sites for hydroxylation is 1. The fourth-order valence-electron chi connectivity index (χ4n) is 3.40. The Bertz CT molecular complexity index is 1170. The molecule has 8 heteroatoms. The Morgan fingerprint density at radius 2 is 1.84 bits per heavy atom. The van der Waals surface area contributed by atoms with E-state index in [0.29, 0.717) is 22.6 Å². The fourth-order valence-corrected chi connectivity index (χ4v) is 4.33. The van der Waals surface area contributed by atoms with Gasteiger partial charge in [0.05, 0.1) is 16.2 Å². The number of imide groups is 1. The van der Waals surface area contributed by atoms with Crippen LogP contribution in [0.5, 0.6) is 0 Å². The van der Waals surface area contributed by atoms with Gasteiger partial charge >= 0.3 is 6.03 Å². The molecule has 1 saturated carbocycles. The number of hydrogen-bond donors (Lipinski definition) is 2. The molecule has 2 aromatic carbocycles. The number of fused-ring (bicyclic) bond motifs is 1. The van der Waals surface area contributed by atoms with Crippen LogP contribution in [0.3, 0.4) is 0 Å². The molecule has 32 heavy (non-hydrogen) atoms. The summed E-state index contributed by atoms with van der Waals surface area (Å²) in [6.07, 6.45) is 3.49. The normalized spacial score (nSPS) is 14.2. The number of para-hydroxylation sites is 1. The lowest BCUT2D eigenvalue weighted by Gasteiger charge is -2.16. The van der Waals surface area contributed by atoms with E-state index >= 15 is 0 Å². The van der Waals surface area contributed by atoms with E-state index in [9.17, 15) is 14.4 Å². The molecule has 1 atom stereocenters. The smallest absolute Gasteiger partial charge is 0.321 e.